The monoisotopic (exact) mass is 156 g/mol. The molecule has 57 valence electrons. The Morgan fingerprint density at radius 3 is 2.10 bits per heavy atom. The van der Waals surface area contributed by atoms with Crippen LogP contribution in [0.4, 0.5) is 0 Å². The van der Waals surface area contributed by atoms with E-state index in [1.54, 1.807) is 0 Å². The van der Waals surface area contributed by atoms with Crippen molar-refractivity contribution in [2.24, 2.45) is 0 Å². The largest absolute Gasteiger partial charge is 0.375 e. The smallest absolute Gasteiger partial charge is 0.0952 e. The van der Waals surface area contributed by atoms with Gasteiger partial charge in [-0.15, -0.1) is 0 Å². The Hall–Kier alpha value is -0.483. The highest BCUT2D eigenvalue weighted by molar-refractivity contribution is 6.13. The van der Waals surface area contributed by atoms with Crippen LogP contribution in [0.1, 0.15) is 0 Å². The van der Waals surface area contributed by atoms with Gasteiger partial charge in [-0.1, -0.05) is 0 Å². The van der Waals surface area contributed by atoms with Crippen molar-refractivity contribution in [1.82, 2.24) is 16.0 Å². The van der Waals surface area contributed by atoms with E-state index in [1.807, 2.05) is 27.2 Å². The van der Waals surface area contributed by atoms with Crippen LogP contribution in [-0.4, -0.2) is 37.1 Å². The topological polar surface area (TPSA) is 36.1 Å². The summed E-state index contributed by atoms with van der Waals surface area (Å²) in [5, 5.41) is 9.01. The molecule has 0 aliphatic rings. The SMILES string of the molecule is CNC(=CC([Si])NC)NC. The lowest BCUT2D eigenvalue weighted by Gasteiger charge is -2.09. The van der Waals surface area contributed by atoms with Crippen LogP contribution in [-0.2, 0) is 0 Å². The lowest BCUT2D eigenvalue weighted by Crippen LogP contribution is -2.28. The number of hydrogen-bond acceptors (Lipinski definition) is 3. The van der Waals surface area contributed by atoms with E-state index in [2.05, 4.69) is 26.2 Å². The predicted molar refractivity (Wildman–Crippen MR) is 44.8 cm³/mol. The summed E-state index contributed by atoms with van der Waals surface area (Å²) in [7, 11) is 9.07. The molecule has 1 unspecified atom stereocenters. The van der Waals surface area contributed by atoms with E-state index >= 15 is 0 Å². The lowest BCUT2D eigenvalue weighted by molar-refractivity contribution is 0.785. The van der Waals surface area contributed by atoms with Crippen LogP contribution >= 0.6 is 0 Å². The van der Waals surface area contributed by atoms with Crippen LogP contribution in [0.5, 0.6) is 0 Å². The van der Waals surface area contributed by atoms with Crippen LogP contribution in [0.25, 0.3) is 0 Å². The van der Waals surface area contributed by atoms with Crippen LogP contribution in [0.15, 0.2) is 11.9 Å². The minimum Gasteiger partial charge on any atom is -0.375 e. The molecular formula is C6H14N3Si. The van der Waals surface area contributed by atoms with Gasteiger partial charge in [-0.05, 0) is 13.1 Å². The summed E-state index contributed by atoms with van der Waals surface area (Å²) in [6.07, 6.45) is 2.00. The summed E-state index contributed by atoms with van der Waals surface area (Å²) in [6.45, 7) is 0. The molecule has 0 aromatic carbocycles. The third kappa shape index (κ3) is 3.52. The molecule has 0 fully saturated rings. The van der Waals surface area contributed by atoms with Gasteiger partial charge < -0.3 is 16.0 Å². The molecule has 0 saturated heterocycles. The summed E-state index contributed by atoms with van der Waals surface area (Å²) >= 11 is 0. The third-order valence-electron chi connectivity index (χ3n) is 1.18. The minimum atomic E-state index is 0.204. The lowest BCUT2D eigenvalue weighted by atomic mass is 10.5. The zero-order valence-electron chi connectivity index (χ0n) is 6.65. The predicted octanol–water partition coefficient (Wildman–Crippen LogP) is -1.02. The standard InChI is InChI=1S/C6H14N3Si/c1-7-5(8-2)4-6(10)9-3/h4,6-9H,1-3H3. The Balaban J connectivity index is 3.83. The maximum Gasteiger partial charge on any atom is 0.0952 e. The molecule has 0 aromatic heterocycles. The molecule has 4 heteroatoms. The zero-order valence-corrected chi connectivity index (χ0v) is 7.65. The second-order valence-electron chi connectivity index (χ2n) is 1.85. The van der Waals surface area contributed by atoms with Gasteiger partial charge in [0.25, 0.3) is 0 Å². The van der Waals surface area contributed by atoms with Crippen molar-refractivity contribution in [3.63, 3.8) is 0 Å². The first-order chi connectivity index (χ1) is 4.74. The van der Waals surface area contributed by atoms with Gasteiger partial charge in [-0.2, -0.15) is 0 Å². The average molecular weight is 156 g/mol. The van der Waals surface area contributed by atoms with E-state index in [4.69, 9.17) is 0 Å². The Morgan fingerprint density at radius 1 is 1.30 bits per heavy atom. The van der Waals surface area contributed by atoms with Crippen molar-refractivity contribution >= 4 is 10.2 Å². The van der Waals surface area contributed by atoms with E-state index in [0.717, 1.165) is 5.82 Å². The molecule has 0 rings (SSSR count). The summed E-state index contributed by atoms with van der Waals surface area (Å²) in [4.78, 5) is 0. The third-order valence-corrected chi connectivity index (χ3v) is 1.64. The molecular weight excluding hydrogens is 142 g/mol. The molecule has 3 N–H and O–H groups in total. The van der Waals surface area contributed by atoms with E-state index in [9.17, 15) is 0 Å². The molecule has 1 atom stereocenters. The second-order valence-corrected chi connectivity index (χ2v) is 2.47. The number of rotatable bonds is 4. The maximum absolute atomic E-state index is 3.44. The van der Waals surface area contributed by atoms with E-state index in [-0.39, 0.29) is 5.67 Å². The first-order valence-corrected chi connectivity index (χ1v) is 3.78. The van der Waals surface area contributed by atoms with Gasteiger partial charge in [0.05, 0.1) is 16.1 Å². The van der Waals surface area contributed by atoms with Gasteiger partial charge in [-0.3, -0.25) is 0 Å². The number of likely N-dealkylation sites (N-methyl/N-ethyl adjacent to an activating group) is 1. The Labute approximate surface area is 65.7 Å². The van der Waals surface area contributed by atoms with Crippen molar-refractivity contribution in [2.75, 3.05) is 21.1 Å². The van der Waals surface area contributed by atoms with Crippen molar-refractivity contribution in [1.29, 1.82) is 0 Å². The van der Waals surface area contributed by atoms with Gasteiger partial charge in [-0.25, -0.2) is 0 Å². The molecule has 0 aromatic rings. The molecule has 0 spiro atoms. The van der Waals surface area contributed by atoms with Crippen molar-refractivity contribution in [2.45, 2.75) is 5.67 Å². The fraction of sp³-hybridized carbons (Fsp3) is 0.667. The van der Waals surface area contributed by atoms with Crippen LogP contribution in [0.2, 0.25) is 0 Å². The number of hydrogen-bond donors (Lipinski definition) is 3. The molecule has 0 heterocycles. The summed E-state index contributed by atoms with van der Waals surface area (Å²) < 4.78 is 0. The minimum absolute atomic E-state index is 0.204. The van der Waals surface area contributed by atoms with Gasteiger partial charge in [0, 0.05) is 19.8 Å². The van der Waals surface area contributed by atoms with Crippen molar-refractivity contribution in [3.8, 4) is 0 Å². The molecule has 0 bridgehead atoms. The highest BCUT2D eigenvalue weighted by Gasteiger charge is 1.93. The molecule has 10 heavy (non-hydrogen) atoms. The molecule has 0 amide bonds. The quantitative estimate of drug-likeness (QED) is 0.456. The van der Waals surface area contributed by atoms with Crippen LogP contribution in [0, 0.1) is 0 Å². The summed E-state index contributed by atoms with van der Waals surface area (Å²) in [6, 6.07) is 0. The molecule has 0 aliphatic carbocycles. The van der Waals surface area contributed by atoms with Crippen LogP contribution < -0.4 is 16.0 Å². The Bertz CT molecular complexity index is 108. The van der Waals surface area contributed by atoms with Gasteiger partial charge in [0.1, 0.15) is 0 Å². The van der Waals surface area contributed by atoms with E-state index in [1.165, 1.54) is 0 Å². The molecule has 0 saturated carbocycles. The first-order valence-electron chi connectivity index (χ1n) is 3.20. The average Bonchev–Trinajstić information content (AvgIpc) is 1.99. The normalized spacial score (nSPS) is 12.0. The highest BCUT2D eigenvalue weighted by Crippen LogP contribution is 1.82. The van der Waals surface area contributed by atoms with Crippen molar-refractivity contribution in [3.05, 3.63) is 11.9 Å². The Kier molecular flexibility index (Phi) is 5.06. The Morgan fingerprint density at radius 2 is 1.80 bits per heavy atom. The maximum atomic E-state index is 3.44. The van der Waals surface area contributed by atoms with Crippen LogP contribution in [0.3, 0.4) is 0 Å². The van der Waals surface area contributed by atoms with E-state index < -0.39 is 0 Å². The fourth-order valence-electron chi connectivity index (χ4n) is 0.542. The number of nitrogens with one attached hydrogen (secondary N) is 3. The van der Waals surface area contributed by atoms with E-state index in [0.29, 0.717) is 0 Å². The zero-order chi connectivity index (χ0) is 7.98. The highest BCUT2D eigenvalue weighted by atomic mass is 28.1. The molecule has 0 aliphatic heterocycles. The first kappa shape index (κ1) is 9.52. The fourth-order valence-corrected chi connectivity index (χ4v) is 0.708. The summed E-state index contributed by atoms with van der Waals surface area (Å²) in [5.74, 6) is 0.995. The molecule has 3 nitrogen and oxygen atoms in total. The molecule has 3 radical (unpaired) electrons. The van der Waals surface area contributed by atoms with Gasteiger partial charge >= 0.3 is 0 Å². The van der Waals surface area contributed by atoms with Gasteiger partial charge in [0.2, 0.25) is 0 Å². The second kappa shape index (κ2) is 5.31. The summed E-state index contributed by atoms with van der Waals surface area (Å²) in [5.41, 5.74) is 0.204. The van der Waals surface area contributed by atoms with Crippen molar-refractivity contribution < 1.29 is 0 Å². The van der Waals surface area contributed by atoms with Gasteiger partial charge in [0.15, 0.2) is 0 Å².